The van der Waals surface area contributed by atoms with Gasteiger partial charge in [0.05, 0.1) is 6.04 Å². The van der Waals surface area contributed by atoms with E-state index in [0.717, 1.165) is 18.1 Å². The highest BCUT2D eigenvalue weighted by Crippen LogP contribution is 2.37. The number of nitrogens with zero attached hydrogens (tertiary/aromatic N) is 3. The first kappa shape index (κ1) is 10.6. The van der Waals surface area contributed by atoms with Crippen molar-refractivity contribution >= 4 is 0 Å². The molecule has 1 fully saturated rings. The highest BCUT2D eigenvalue weighted by Gasteiger charge is 2.30. The lowest BCUT2D eigenvalue weighted by Gasteiger charge is -2.15. The minimum Gasteiger partial charge on any atom is -0.321 e. The Balaban J connectivity index is 2.19. The minimum absolute atomic E-state index is 0.0341. The molecule has 84 valence electrons. The number of rotatable bonds is 4. The summed E-state index contributed by atoms with van der Waals surface area (Å²) in [6, 6.07) is 0.653. The number of aryl methyl sites for hydroxylation is 1. The molecule has 1 heterocycles. The van der Waals surface area contributed by atoms with Crippen molar-refractivity contribution in [2.45, 2.75) is 52.1 Å². The molecule has 0 amide bonds. The monoisotopic (exact) mass is 208 g/mol. The van der Waals surface area contributed by atoms with Gasteiger partial charge in [0.2, 0.25) is 0 Å². The Morgan fingerprint density at radius 3 is 2.60 bits per heavy atom. The summed E-state index contributed by atoms with van der Waals surface area (Å²) in [6.07, 6.45) is 3.48. The molecule has 2 N–H and O–H groups in total. The number of nitrogens with two attached hydrogens (primary N) is 1. The van der Waals surface area contributed by atoms with Gasteiger partial charge in [-0.3, -0.25) is 0 Å². The summed E-state index contributed by atoms with van der Waals surface area (Å²) in [6.45, 7) is 6.38. The van der Waals surface area contributed by atoms with E-state index in [2.05, 4.69) is 28.6 Å². The van der Waals surface area contributed by atoms with Crippen LogP contribution in [-0.4, -0.2) is 14.8 Å². The molecule has 15 heavy (non-hydrogen) atoms. The van der Waals surface area contributed by atoms with Crippen molar-refractivity contribution in [1.82, 2.24) is 14.8 Å². The Labute approximate surface area is 90.9 Å². The summed E-state index contributed by atoms with van der Waals surface area (Å²) in [7, 11) is 0. The Hall–Kier alpha value is -0.900. The predicted octanol–water partition coefficient (Wildman–Crippen LogP) is 1.97. The highest BCUT2D eigenvalue weighted by molar-refractivity contribution is 5.05. The second-order valence-corrected chi connectivity index (χ2v) is 4.94. The molecular formula is C11H20N4. The van der Waals surface area contributed by atoms with Gasteiger partial charge in [-0.05, 0) is 32.1 Å². The van der Waals surface area contributed by atoms with Gasteiger partial charge in [0, 0.05) is 6.04 Å². The molecule has 1 aliphatic rings. The maximum atomic E-state index is 6.15. The van der Waals surface area contributed by atoms with Crippen LogP contribution in [0.4, 0.5) is 0 Å². The molecule has 0 radical (unpaired) electrons. The summed E-state index contributed by atoms with van der Waals surface area (Å²) in [5.41, 5.74) is 6.15. The van der Waals surface area contributed by atoms with Crippen molar-refractivity contribution < 1.29 is 0 Å². The molecule has 1 saturated carbocycles. The highest BCUT2D eigenvalue weighted by atomic mass is 15.3. The molecule has 0 aromatic carbocycles. The third-order valence-corrected chi connectivity index (χ3v) is 2.86. The van der Waals surface area contributed by atoms with E-state index in [4.69, 9.17) is 5.73 Å². The molecule has 0 spiro atoms. The summed E-state index contributed by atoms with van der Waals surface area (Å²) >= 11 is 0. The predicted molar refractivity (Wildman–Crippen MR) is 59.4 cm³/mol. The topological polar surface area (TPSA) is 56.7 Å². The van der Waals surface area contributed by atoms with Crippen molar-refractivity contribution in [3.63, 3.8) is 0 Å². The fraction of sp³-hybridized carbons (Fsp3) is 0.818. The van der Waals surface area contributed by atoms with Crippen LogP contribution in [0.25, 0.3) is 0 Å². The number of hydrogen-bond acceptors (Lipinski definition) is 3. The normalized spacial score (nSPS) is 18.5. The maximum Gasteiger partial charge on any atom is 0.150 e. The van der Waals surface area contributed by atoms with Crippen LogP contribution >= 0.6 is 0 Å². The zero-order valence-corrected chi connectivity index (χ0v) is 9.77. The van der Waals surface area contributed by atoms with Gasteiger partial charge in [0.25, 0.3) is 0 Å². The van der Waals surface area contributed by atoms with Crippen LogP contribution in [0.1, 0.15) is 56.8 Å². The van der Waals surface area contributed by atoms with Crippen LogP contribution in [0.5, 0.6) is 0 Å². The number of hydrogen-bond donors (Lipinski definition) is 1. The molecule has 1 aliphatic carbocycles. The van der Waals surface area contributed by atoms with Crippen molar-refractivity contribution in [2.75, 3.05) is 0 Å². The summed E-state index contributed by atoms with van der Waals surface area (Å²) in [5, 5.41) is 8.36. The van der Waals surface area contributed by atoms with Crippen molar-refractivity contribution in [3.05, 3.63) is 11.6 Å². The SMILES string of the molecule is Cc1nnc([C@H](N)CC(C)C)n1C1CC1. The van der Waals surface area contributed by atoms with Gasteiger partial charge in [-0.25, -0.2) is 0 Å². The molecule has 1 aromatic heterocycles. The lowest BCUT2D eigenvalue weighted by molar-refractivity contribution is 0.473. The Morgan fingerprint density at radius 2 is 2.07 bits per heavy atom. The van der Waals surface area contributed by atoms with Crippen LogP contribution in [-0.2, 0) is 0 Å². The quantitative estimate of drug-likeness (QED) is 0.823. The zero-order valence-electron chi connectivity index (χ0n) is 9.77. The molecule has 4 heteroatoms. The average Bonchev–Trinajstić information content (AvgIpc) is 2.89. The third kappa shape index (κ3) is 2.20. The maximum absolute atomic E-state index is 6.15. The first-order valence-corrected chi connectivity index (χ1v) is 5.76. The molecule has 0 bridgehead atoms. The molecule has 4 nitrogen and oxygen atoms in total. The first-order valence-electron chi connectivity index (χ1n) is 5.76. The van der Waals surface area contributed by atoms with Gasteiger partial charge in [-0.2, -0.15) is 0 Å². The second kappa shape index (κ2) is 3.93. The van der Waals surface area contributed by atoms with Crippen molar-refractivity contribution in [1.29, 1.82) is 0 Å². The largest absolute Gasteiger partial charge is 0.321 e. The van der Waals surface area contributed by atoms with Gasteiger partial charge in [0.15, 0.2) is 0 Å². The van der Waals surface area contributed by atoms with E-state index >= 15 is 0 Å². The van der Waals surface area contributed by atoms with Gasteiger partial charge in [-0.15, -0.1) is 10.2 Å². The van der Waals surface area contributed by atoms with E-state index in [0.29, 0.717) is 12.0 Å². The minimum atomic E-state index is 0.0341. The van der Waals surface area contributed by atoms with Gasteiger partial charge < -0.3 is 10.3 Å². The summed E-state index contributed by atoms with van der Waals surface area (Å²) in [5.74, 6) is 2.58. The van der Waals surface area contributed by atoms with E-state index in [1.807, 2.05) is 6.92 Å². The van der Waals surface area contributed by atoms with E-state index < -0.39 is 0 Å². The second-order valence-electron chi connectivity index (χ2n) is 4.94. The Kier molecular flexibility index (Phi) is 2.78. The van der Waals surface area contributed by atoms with Gasteiger partial charge in [0.1, 0.15) is 11.6 Å². The summed E-state index contributed by atoms with van der Waals surface area (Å²) < 4.78 is 2.23. The number of aromatic nitrogens is 3. The molecule has 0 saturated heterocycles. The lowest BCUT2D eigenvalue weighted by atomic mass is 10.0. The molecule has 1 aromatic rings. The van der Waals surface area contributed by atoms with Gasteiger partial charge in [-0.1, -0.05) is 13.8 Å². The average molecular weight is 208 g/mol. The fourth-order valence-corrected chi connectivity index (χ4v) is 2.04. The standard InChI is InChI=1S/C11H20N4/c1-7(2)6-10(12)11-14-13-8(3)15(11)9-4-5-9/h7,9-10H,4-6,12H2,1-3H3/t10-/m1/s1. The third-order valence-electron chi connectivity index (χ3n) is 2.86. The molecule has 0 aliphatic heterocycles. The molecular weight excluding hydrogens is 188 g/mol. The van der Waals surface area contributed by atoms with Crippen LogP contribution in [0.3, 0.4) is 0 Å². The smallest absolute Gasteiger partial charge is 0.150 e. The molecule has 2 rings (SSSR count). The van der Waals surface area contributed by atoms with E-state index in [9.17, 15) is 0 Å². The van der Waals surface area contributed by atoms with Crippen LogP contribution in [0, 0.1) is 12.8 Å². The van der Waals surface area contributed by atoms with Crippen LogP contribution in [0.2, 0.25) is 0 Å². The van der Waals surface area contributed by atoms with Gasteiger partial charge >= 0.3 is 0 Å². The molecule has 1 atom stereocenters. The summed E-state index contributed by atoms with van der Waals surface area (Å²) in [4.78, 5) is 0. The lowest BCUT2D eigenvalue weighted by Crippen LogP contribution is -2.18. The Bertz CT molecular complexity index is 338. The fourth-order valence-electron chi connectivity index (χ4n) is 2.04. The Morgan fingerprint density at radius 1 is 1.40 bits per heavy atom. The van der Waals surface area contributed by atoms with E-state index in [1.165, 1.54) is 12.8 Å². The first-order chi connectivity index (χ1) is 7.09. The van der Waals surface area contributed by atoms with E-state index in [1.54, 1.807) is 0 Å². The van der Waals surface area contributed by atoms with Crippen molar-refractivity contribution in [2.24, 2.45) is 11.7 Å². The van der Waals surface area contributed by atoms with Crippen LogP contribution in [0.15, 0.2) is 0 Å². The van der Waals surface area contributed by atoms with E-state index in [-0.39, 0.29) is 6.04 Å². The zero-order chi connectivity index (χ0) is 11.0. The van der Waals surface area contributed by atoms with Crippen LogP contribution < -0.4 is 5.73 Å². The molecule has 0 unspecified atom stereocenters. The van der Waals surface area contributed by atoms with Crippen molar-refractivity contribution in [3.8, 4) is 0 Å².